The highest BCUT2D eigenvalue weighted by Gasteiger charge is 2.45. The van der Waals surface area contributed by atoms with E-state index in [9.17, 15) is 0 Å². The molecule has 0 nitrogen and oxygen atoms in total. The van der Waals surface area contributed by atoms with Gasteiger partial charge in [0.25, 0.3) is 0 Å². The molecule has 90 valence electrons. The van der Waals surface area contributed by atoms with Crippen LogP contribution in [0.5, 0.6) is 0 Å². The molecule has 4 aliphatic carbocycles. The second-order valence-corrected chi connectivity index (χ2v) is 7.37. The molecule has 0 bridgehead atoms. The van der Waals surface area contributed by atoms with Crippen molar-refractivity contribution in [2.45, 2.75) is 64.2 Å². The lowest BCUT2D eigenvalue weighted by atomic mass is 9.60. The van der Waals surface area contributed by atoms with Crippen molar-refractivity contribution < 1.29 is 0 Å². The molecule has 16 heavy (non-hydrogen) atoms. The molecule has 4 rings (SSSR count). The third-order valence-electron chi connectivity index (χ3n) is 6.72. The highest BCUT2D eigenvalue weighted by atomic mass is 14.5. The quantitative estimate of drug-likeness (QED) is 0.555. The van der Waals surface area contributed by atoms with E-state index in [0.717, 1.165) is 0 Å². The van der Waals surface area contributed by atoms with Crippen LogP contribution in [-0.2, 0) is 0 Å². The predicted octanol–water partition coefficient (Wildman–Crippen LogP) is 4.64. The van der Waals surface area contributed by atoms with Gasteiger partial charge in [0, 0.05) is 0 Å². The number of hydrogen-bond acceptors (Lipinski definition) is 0. The summed E-state index contributed by atoms with van der Waals surface area (Å²) in [4.78, 5) is 0. The zero-order valence-corrected chi connectivity index (χ0v) is 10.5. The van der Waals surface area contributed by atoms with Crippen LogP contribution in [0.15, 0.2) is 0 Å². The number of rotatable bonds is 0. The van der Waals surface area contributed by atoms with E-state index in [1.54, 1.807) is 64.2 Å². The van der Waals surface area contributed by atoms with Gasteiger partial charge in [-0.1, -0.05) is 38.5 Å². The molecule has 0 aromatic carbocycles. The first-order valence-electron chi connectivity index (χ1n) is 7.90. The van der Waals surface area contributed by atoms with Crippen LogP contribution in [0.25, 0.3) is 0 Å². The molecule has 0 amide bonds. The number of fused-ring (bicyclic) bond motifs is 3. The second kappa shape index (κ2) is 3.75. The summed E-state index contributed by atoms with van der Waals surface area (Å²) < 4.78 is 0. The maximum atomic E-state index is 1.64. The zero-order chi connectivity index (χ0) is 10.5. The molecule has 0 N–H and O–H groups in total. The van der Waals surface area contributed by atoms with E-state index in [4.69, 9.17) is 0 Å². The standard InChI is InChI=1S/C16H26/c1-3-11-7-15-9-13-5-2-6-14(13)10-16(15)8-12(11)4-1/h11-16H,1-10H2. The third kappa shape index (κ3) is 1.48. The van der Waals surface area contributed by atoms with Gasteiger partial charge in [-0.3, -0.25) is 0 Å². The first-order valence-corrected chi connectivity index (χ1v) is 7.90. The third-order valence-corrected chi connectivity index (χ3v) is 6.72. The Labute approximate surface area is 100 Å². The topological polar surface area (TPSA) is 0 Å². The minimum Gasteiger partial charge on any atom is -0.0528 e. The smallest absolute Gasteiger partial charge is 0.0380 e. The minimum absolute atomic E-state index is 1.17. The fraction of sp³-hybridized carbons (Fsp3) is 1.00. The average molecular weight is 218 g/mol. The maximum absolute atomic E-state index is 1.64. The van der Waals surface area contributed by atoms with Gasteiger partial charge in [0.1, 0.15) is 0 Å². The molecule has 4 saturated carbocycles. The van der Waals surface area contributed by atoms with Gasteiger partial charge < -0.3 is 0 Å². The molecule has 0 heteroatoms. The van der Waals surface area contributed by atoms with Gasteiger partial charge in [-0.25, -0.2) is 0 Å². The van der Waals surface area contributed by atoms with Gasteiger partial charge in [-0.2, -0.15) is 0 Å². The highest BCUT2D eigenvalue weighted by Crippen LogP contribution is 2.56. The van der Waals surface area contributed by atoms with E-state index in [1.165, 1.54) is 35.5 Å². The molecule has 0 aromatic rings. The number of hydrogen-bond donors (Lipinski definition) is 0. The Morgan fingerprint density at radius 3 is 1.00 bits per heavy atom. The van der Waals surface area contributed by atoms with Crippen molar-refractivity contribution in [3.63, 3.8) is 0 Å². The zero-order valence-electron chi connectivity index (χ0n) is 10.5. The minimum atomic E-state index is 1.17. The monoisotopic (exact) mass is 218 g/mol. The lowest BCUT2D eigenvalue weighted by Crippen LogP contribution is -2.36. The highest BCUT2D eigenvalue weighted by molar-refractivity contribution is 4.96. The summed E-state index contributed by atoms with van der Waals surface area (Å²) in [7, 11) is 0. The van der Waals surface area contributed by atoms with Crippen molar-refractivity contribution in [2.24, 2.45) is 35.5 Å². The summed E-state index contributed by atoms with van der Waals surface area (Å²) in [6.45, 7) is 0. The lowest BCUT2D eigenvalue weighted by Gasteiger charge is -2.45. The normalized spacial score (nSPS) is 55.5. The van der Waals surface area contributed by atoms with Crippen molar-refractivity contribution in [3.05, 3.63) is 0 Å². The van der Waals surface area contributed by atoms with Crippen LogP contribution < -0.4 is 0 Å². The van der Waals surface area contributed by atoms with E-state index in [0.29, 0.717) is 0 Å². The molecule has 4 atom stereocenters. The first-order chi connectivity index (χ1) is 7.90. The molecular formula is C16H26. The summed E-state index contributed by atoms with van der Waals surface area (Å²) in [5.74, 6) is 6.99. The van der Waals surface area contributed by atoms with Crippen LogP contribution >= 0.6 is 0 Å². The molecule has 0 heterocycles. The van der Waals surface area contributed by atoms with Crippen LogP contribution in [0.2, 0.25) is 0 Å². The maximum Gasteiger partial charge on any atom is -0.0380 e. The van der Waals surface area contributed by atoms with Crippen LogP contribution in [-0.4, -0.2) is 0 Å². The Bertz CT molecular complexity index is 217. The summed E-state index contributed by atoms with van der Waals surface area (Å²) in [6, 6.07) is 0. The van der Waals surface area contributed by atoms with E-state index < -0.39 is 0 Å². The fourth-order valence-corrected chi connectivity index (χ4v) is 5.99. The molecule has 0 radical (unpaired) electrons. The summed E-state index contributed by atoms with van der Waals surface area (Å²) in [5, 5.41) is 0. The molecule has 0 spiro atoms. The van der Waals surface area contributed by atoms with Gasteiger partial charge in [0.05, 0.1) is 0 Å². The SMILES string of the molecule is C1CC2CC3CC4CCCC4CC3CC2C1. The van der Waals surface area contributed by atoms with Crippen molar-refractivity contribution in [3.8, 4) is 0 Å². The van der Waals surface area contributed by atoms with Gasteiger partial charge >= 0.3 is 0 Å². The summed E-state index contributed by atoms with van der Waals surface area (Å²) in [5.41, 5.74) is 0. The molecular weight excluding hydrogens is 192 g/mol. The van der Waals surface area contributed by atoms with Crippen LogP contribution in [0, 0.1) is 35.5 Å². The van der Waals surface area contributed by atoms with Crippen LogP contribution in [0.3, 0.4) is 0 Å². The van der Waals surface area contributed by atoms with Crippen molar-refractivity contribution in [1.29, 1.82) is 0 Å². The molecule has 4 unspecified atom stereocenters. The van der Waals surface area contributed by atoms with Crippen molar-refractivity contribution >= 4 is 0 Å². The van der Waals surface area contributed by atoms with Crippen molar-refractivity contribution in [1.82, 2.24) is 0 Å². The van der Waals surface area contributed by atoms with Crippen LogP contribution in [0.1, 0.15) is 64.2 Å². The fourth-order valence-electron chi connectivity index (χ4n) is 5.99. The summed E-state index contributed by atoms with van der Waals surface area (Å²) >= 11 is 0. The predicted molar refractivity (Wildman–Crippen MR) is 67.1 cm³/mol. The Morgan fingerprint density at radius 1 is 0.375 bits per heavy atom. The van der Waals surface area contributed by atoms with E-state index >= 15 is 0 Å². The lowest BCUT2D eigenvalue weighted by molar-refractivity contribution is 0.0458. The molecule has 0 aliphatic heterocycles. The Morgan fingerprint density at radius 2 is 0.688 bits per heavy atom. The second-order valence-electron chi connectivity index (χ2n) is 7.37. The average Bonchev–Trinajstić information content (AvgIpc) is 2.89. The van der Waals surface area contributed by atoms with Gasteiger partial charge in [-0.15, -0.1) is 0 Å². The Balaban J connectivity index is 1.51. The Kier molecular flexibility index (Phi) is 2.34. The first kappa shape index (κ1) is 9.97. The van der Waals surface area contributed by atoms with Gasteiger partial charge in [0.2, 0.25) is 0 Å². The molecule has 0 aromatic heterocycles. The van der Waals surface area contributed by atoms with E-state index in [2.05, 4.69) is 0 Å². The largest absolute Gasteiger partial charge is 0.0528 e. The summed E-state index contributed by atoms with van der Waals surface area (Å²) in [6.07, 6.45) is 16.0. The van der Waals surface area contributed by atoms with Gasteiger partial charge in [0.15, 0.2) is 0 Å². The van der Waals surface area contributed by atoms with E-state index in [-0.39, 0.29) is 0 Å². The Hall–Kier alpha value is 0. The van der Waals surface area contributed by atoms with Crippen molar-refractivity contribution in [2.75, 3.05) is 0 Å². The molecule has 0 saturated heterocycles. The molecule has 4 aliphatic rings. The van der Waals surface area contributed by atoms with Crippen LogP contribution in [0.4, 0.5) is 0 Å². The molecule has 4 fully saturated rings. The van der Waals surface area contributed by atoms with E-state index in [1.807, 2.05) is 0 Å². The van der Waals surface area contributed by atoms with Gasteiger partial charge in [-0.05, 0) is 61.2 Å².